The highest BCUT2D eigenvalue weighted by molar-refractivity contribution is 5.88. The number of carbonyl (C=O) groups excluding carboxylic acids is 1. The fraction of sp³-hybridized carbons (Fsp3) is 0.524. The van der Waals surface area contributed by atoms with E-state index in [2.05, 4.69) is 21.3 Å². The van der Waals surface area contributed by atoms with Crippen molar-refractivity contribution >= 4 is 22.8 Å². The summed E-state index contributed by atoms with van der Waals surface area (Å²) in [5, 5.41) is 12.6. The lowest BCUT2D eigenvalue weighted by Crippen LogP contribution is -2.46. The summed E-state index contributed by atoms with van der Waals surface area (Å²) in [6, 6.07) is 9.61. The summed E-state index contributed by atoms with van der Waals surface area (Å²) in [6.07, 6.45) is 0.710. The van der Waals surface area contributed by atoms with E-state index in [0.29, 0.717) is 49.7 Å². The van der Waals surface area contributed by atoms with Gasteiger partial charge in [0.15, 0.2) is 11.7 Å². The van der Waals surface area contributed by atoms with Crippen LogP contribution < -0.4 is 10.2 Å². The summed E-state index contributed by atoms with van der Waals surface area (Å²) >= 11 is 0. The Balaban J connectivity index is 1.97. The lowest BCUT2D eigenvalue weighted by molar-refractivity contribution is -0.121. The largest absolute Gasteiger partial charge is 0.385 e. The molecule has 0 radical (unpaired) electrons. The topological polar surface area (TPSA) is 100 Å². The average Bonchev–Trinajstić information content (AvgIpc) is 2.70. The molecule has 2 aromatic rings. The summed E-state index contributed by atoms with van der Waals surface area (Å²) in [4.78, 5) is 24.3. The zero-order chi connectivity index (χ0) is 20.8. The number of hydrogen-bond donors (Lipinski definition) is 1. The number of aromatic nitrogens is 2. The minimum atomic E-state index is -1.04. The van der Waals surface area contributed by atoms with Gasteiger partial charge in [-0.25, -0.2) is 9.97 Å². The van der Waals surface area contributed by atoms with E-state index in [1.807, 2.05) is 38.1 Å². The summed E-state index contributed by atoms with van der Waals surface area (Å²) < 4.78 is 10.8. The smallest absolute Gasteiger partial charge is 0.243 e. The molecule has 0 aliphatic carbocycles. The SMILES string of the molecule is COCCCNC(=O)C(C#N)c1nc2ccccc2nc1N1CC(C)OC(C)C1. The Morgan fingerprint density at radius 3 is 2.59 bits per heavy atom. The van der Waals surface area contributed by atoms with Crippen LogP contribution in [-0.4, -0.2) is 61.4 Å². The molecular weight excluding hydrogens is 370 g/mol. The molecule has 8 heteroatoms. The lowest BCUT2D eigenvalue weighted by Gasteiger charge is -2.37. The Morgan fingerprint density at radius 2 is 1.97 bits per heavy atom. The van der Waals surface area contributed by atoms with Crippen molar-refractivity contribution in [2.45, 2.75) is 38.4 Å². The van der Waals surface area contributed by atoms with E-state index in [0.717, 1.165) is 5.52 Å². The van der Waals surface area contributed by atoms with Crippen molar-refractivity contribution in [3.8, 4) is 6.07 Å². The van der Waals surface area contributed by atoms with Gasteiger partial charge in [-0.3, -0.25) is 4.79 Å². The van der Waals surface area contributed by atoms with Gasteiger partial charge in [-0.15, -0.1) is 0 Å². The molecule has 2 heterocycles. The molecule has 29 heavy (non-hydrogen) atoms. The van der Waals surface area contributed by atoms with Gasteiger partial charge in [0, 0.05) is 33.4 Å². The third-order valence-corrected chi connectivity index (χ3v) is 4.79. The van der Waals surface area contributed by atoms with Crippen molar-refractivity contribution < 1.29 is 14.3 Å². The molecule has 1 fully saturated rings. The first-order chi connectivity index (χ1) is 14.0. The van der Waals surface area contributed by atoms with E-state index in [1.165, 1.54) is 0 Å². The Kier molecular flexibility index (Phi) is 6.96. The van der Waals surface area contributed by atoms with E-state index < -0.39 is 5.92 Å². The molecule has 0 saturated carbocycles. The van der Waals surface area contributed by atoms with Gasteiger partial charge in [-0.2, -0.15) is 5.26 Å². The van der Waals surface area contributed by atoms with Gasteiger partial charge >= 0.3 is 0 Å². The van der Waals surface area contributed by atoms with E-state index in [1.54, 1.807) is 7.11 Å². The molecule has 1 N–H and O–H groups in total. The summed E-state index contributed by atoms with van der Waals surface area (Å²) in [5.41, 5.74) is 1.78. The van der Waals surface area contributed by atoms with Gasteiger partial charge in [0.1, 0.15) is 5.69 Å². The lowest BCUT2D eigenvalue weighted by atomic mass is 10.0. The average molecular weight is 397 g/mol. The molecule has 1 aromatic heterocycles. The first-order valence-electron chi connectivity index (χ1n) is 9.86. The first-order valence-corrected chi connectivity index (χ1v) is 9.86. The van der Waals surface area contributed by atoms with Gasteiger partial charge in [-0.05, 0) is 32.4 Å². The van der Waals surface area contributed by atoms with E-state index in [4.69, 9.17) is 14.5 Å². The third kappa shape index (κ3) is 5.00. The second-order valence-electron chi connectivity index (χ2n) is 7.28. The maximum atomic E-state index is 12.8. The number of para-hydroxylation sites is 2. The first kappa shape index (κ1) is 21.0. The van der Waals surface area contributed by atoms with Crippen molar-refractivity contribution in [3.05, 3.63) is 30.0 Å². The number of benzene rings is 1. The highest BCUT2D eigenvalue weighted by Crippen LogP contribution is 2.29. The fourth-order valence-electron chi connectivity index (χ4n) is 3.56. The van der Waals surface area contributed by atoms with Gasteiger partial charge in [-0.1, -0.05) is 12.1 Å². The number of rotatable bonds is 7. The van der Waals surface area contributed by atoms with Crippen LogP contribution in [0.2, 0.25) is 0 Å². The second-order valence-corrected chi connectivity index (χ2v) is 7.28. The number of nitriles is 1. The minimum absolute atomic E-state index is 0.0169. The Morgan fingerprint density at radius 1 is 1.31 bits per heavy atom. The van der Waals surface area contributed by atoms with Crippen LogP contribution >= 0.6 is 0 Å². The molecule has 8 nitrogen and oxygen atoms in total. The quantitative estimate of drug-likeness (QED) is 0.713. The molecule has 1 aliphatic rings. The highest BCUT2D eigenvalue weighted by atomic mass is 16.5. The number of amides is 1. The van der Waals surface area contributed by atoms with Crippen molar-refractivity contribution in [2.24, 2.45) is 0 Å². The number of fused-ring (bicyclic) bond motifs is 1. The molecule has 1 amide bonds. The predicted molar refractivity (Wildman–Crippen MR) is 110 cm³/mol. The van der Waals surface area contributed by atoms with Gasteiger partial charge in [0.2, 0.25) is 5.91 Å². The van der Waals surface area contributed by atoms with Crippen LogP contribution in [0.4, 0.5) is 5.82 Å². The molecule has 1 aromatic carbocycles. The fourth-order valence-corrected chi connectivity index (χ4v) is 3.56. The van der Waals surface area contributed by atoms with Gasteiger partial charge < -0.3 is 19.7 Å². The summed E-state index contributed by atoms with van der Waals surface area (Å²) in [7, 11) is 1.61. The van der Waals surface area contributed by atoms with Crippen LogP contribution in [0.1, 0.15) is 31.9 Å². The Labute approximate surface area is 170 Å². The maximum Gasteiger partial charge on any atom is 0.243 e. The molecule has 0 spiro atoms. The standard InChI is InChI=1S/C21H27N5O3/c1-14-12-26(13-15(2)29-14)20-19(24-17-7-4-5-8-18(17)25-20)16(11-22)21(27)23-9-6-10-28-3/h4-5,7-8,14-16H,6,9-10,12-13H2,1-3H3,(H,23,27). The number of methoxy groups -OCH3 is 1. The van der Waals surface area contributed by atoms with Crippen LogP contribution in [0.15, 0.2) is 24.3 Å². The zero-order valence-electron chi connectivity index (χ0n) is 17.1. The van der Waals surface area contributed by atoms with Crippen molar-refractivity contribution in [2.75, 3.05) is 38.3 Å². The van der Waals surface area contributed by atoms with Crippen LogP contribution in [0, 0.1) is 11.3 Å². The van der Waals surface area contributed by atoms with E-state index in [-0.39, 0.29) is 18.1 Å². The molecule has 3 rings (SSSR count). The molecule has 0 bridgehead atoms. The van der Waals surface area contributed by atoms with Crippen LogP contribution in [-0.2, 0) is 14.3 Å². The monoisotopic (exact) mass is 397 g/mol. The molecule has 3 atom stereocenters. The van der Waals surface area contributed by atoms with E-state index in [9.17, 15) is 10.1 Å². The maximum absolute atomic E-state index is 12.8. The molecular formula is C21H27N5O3. The van der Waals surface area contributed by atoms with Crippen LogP contribution in [0.5, 0.6) is 0 Å². The zero-order valence-corrected chi connectivity index (χ0v) is 17.1. The Bertz CT molecular complexity index is 888. The number of morpholine rings is 1. The van der Waals surface area contributed by atoms with Crippen molar-refractivity contribution in [3.63, 3.8) is 0 Å². The summed E-state index contributed by atoms with van der Waals surface area (Å²) in [5.74, 6) is -0.841. The van der Waals surface area contributed by atoms with Crippen LogP contribution in [0.25, 0.3) is 11.0 Å². The molecule has 154 valence electrons. The Hall–Kier alpha value is -2.76. The molecule has 1 saturated heterocycles. The predicted octanol–water partition coefficient (Wildman–Crippen LogP) is 2.00. The number of anilines is 1. The highest BCUT2D eigenvalue weighted by Gasteiger charge is 2.31. The van der Waals surface area contributed by atoms with Crippen molar-refractivity contribution in [1.29, 1.82) is 5.26 Å². The minimum Gasteiger partial charge on any atom is -0.385 e. The molecule has 3 unspecified atom stereocenters. The number of nitrogens with one attached hydrogen (secondary N) is 1. The van der Waals surface area contributed by atoms with Crippen LogP contribution in [0.3, 0.4) is 0 Å². The van der Waals surface area contributed by atoms with Gasteiger partial charge in [0.25, 0.3) is 0 Å². The third-order valence-electron chi connectivity index (χ3n) is 4.79. The molecule has 1 aliphatic heterocycles. The number of carbonyl (C=O) groups is 1. The normalized spacial score (nSPS) is 20.3. The van der Waals surface area contributed by atoms with Gasteiger partial charge in [0.05, 0.1) is 29.3 Å². The summed E-state index contributed by atoms with van der Waals surface area (Å²) in [6.45, 7) is 6.23. The second kappa shape index (κ2) is 9.63. The van der Waals surface area contributed by atoms with E-state index >= 15 is 0 Å². The number of ether oxygens (including phenoxy) is 2. The van der Waals surface area contributed by atoms with Crippen molar-refractivity contribution in [1.82, 2.24) is 15.3 Å². The number of hydrogen-bond acceptors (Lipinski definition) is 7. The number of nitrogens with zero attached hydrogens (tertiary/aromatic N) is 4.